The van der Waals surface area contributed by atoms with Crippen LogP contribution in [0.25, 0.3) is 11.6 Å². The molecule has 1 aliphatic rings. The number of carbonyl (C=O) groups is 2. The number of rotatable bonds is 3. The third-order valence-electron chi connectivity index (χ3n) is 3.87. The molecule has 2 N–H and O–H groups in total. The number of hydrogen-bond donors (Lipinski definition) is 2. The van der Waals surface area contributed by atoms with Gasteiger partial charge in [0.2, 0.25) is 23.6 Å². The molecule has 26 heavy (non-hydrogen) atoms. The second kappa shape index (κ2) is 6.26. The number of amides is 2. The first-order valence-electron chi connectivity index (χ1n) is 7.57. The Morgan fingerprint density at radius 3 is 2.96 bits per heavy atom. The average molecular weight is 376 g/mol. The van der Waals surface area contributed by atoms with Crippen molar-refractivity contribution in [1.29, 1.82) is 0 Å². The molecule has 0 bridgehead atoms. The van der Waals surface area contributed by atoms with Gasteiger partial charge >= 0.3 is 0 Å². The van der Waals surface area contributed by atoms with Crippen molar-refractivity contribution in [3.63, 3.8) is 0 Å². The van der Waals surface area contributed by atoms with Crippen LogP contribution in [-0.4, -0.2) is 26.6 Å². The summed E-state index contributed by atoms with van der Waals surface area (Å²) < 4.78 is 20.1. The molecule has 1 aromatic carbocycles. The highest BCUT2D eigenvalue weighted by Crippen LogP contribution is 2.31. The van der Waals surface area contributed by atoms with E-state index in [0.29, 0.717) is 17.3 Å². The van der Waals surface area contributed by atoms with E-state index in [1.807, 2.05) is 0 Å². The number of fused-ring (bicyclic) bond motifs is 1. The van der Waals surface area contributed by atoms with Crippen LogP contribution in [-0.2, 0) is 9.59 Å². The average Bonchev–Trinajstić information content (AvgIpc) is 3.26. The molecule has 10 heteroatoms. The van der Waals surface area contributed by atoms with Crippen LogP contribution in [0.4, 0.5) is 16.0 Å². The van der Waals surface area contributed by atoms with Gasteiger partial charge in [0.15, 0.2) is 5.76 Å². The van der Waals surface area contributed by atoms with Crippen LogP contribution in [0.3, 0.4) is 0 Å². The molecule has 0 spiro atoms. The molecule has 4 rings (SSSR count). The fourth-order valence-corrected chi connectivity index (χ4v) is 2.88. The van der Waals surface area contributed by atoms with Crippen molar-refractivity contribution in [1.82, 2.24) is 14.8 Å². The first-order chi connectivity index (χ1) is 12.5. The minimum absolute atomic E-state index is 0.112. The standard InChI is InChI=1S/C16H11ClFN5O3/c17-9-6-8(3-4-10(9)18)19-15(25)11-7-13(24)20-16-22-21-14(23(11)16)12-2-1-5-26-12/h1-6,11H,7H2,(H,19,25)(H,20,22,24). The predicted molar refractivity (Wildman–Crippen MR) is 90.0 cm³/mol. The number of aromatic nitrogens is 3. The molecule has 0 fully saturated rings. The van der Waals surface area contributed by atoms with Gasteiger partial charge in [0.05, 0.1) is 17.7 Å². The summed E-state index contributed by atoms with van der Waals surface area (Å²) in [4.78, 5) is 24.7. The molecule has 132 valence electrons. The van der Waals surface area contributed by atoms with Gasteiger partial charge in [0, 0.05) is 5.69 Å². The Hall–Kier alpha value is -3.20. The molecule has 0 saturated heterocycles. The fraction of sp³-hybridized carbons (Fsp3) is 0.125. The lowest BCUT2D eigenvalue weighted by Gasteiger charge is -2.24. The summed E-state index contributed by atoms with van der Waals surface area (Å²) in [6.45, 7) is 0. The predicted octanol–water partition coefficient (Wildman–Crippen LogP) is 2.85. The number of furan rings is 1. The third-order valence-corrected chi connectivity index (χ3v) is 4.16. The Labute approximate surface area is 151 Å². The highest BCUT2D eigenvalue weighted by molar-refractivity contribution is 6.31. The van der Waals surface area contributed by atoms with E-state index < -0.39 is 17.8 Å². The van der Waals surface area contributed by atoms with Crippen LogP contribution in [0.5, 0.6) is 0 Å². The van der Waals surface area contributed by atoms with Crippen LogP contribution in [0.1, 0.15) is 12.5 Å². The number of halogens is 2. The zero-order chi connectivity index (χ0) is 18.3. The van der Waals surface area contributed by atoms with Gasteiger partial charge in [-0.2, -0.15) is 0 Å². The van der Waals surface area contributed by atoms with Crippen molar-refractivity contribution >= 4 is 35.1 Å². The Kier molecular flexibility index (Phi) is 3.92. The maximum absolute atomic E-state index is 13.3. The quantitative estimate of drug-likeness (QED) is 0.732. The molecular weight excluding hydrogens is 365 g/mol. The van der Waals surface area contributed by atoms with E-state index in [2.05, 4.69) is 20.8 Å². The van der Waals surface area contributed by atoms with Gasteiger partial charge in [-0.05, 0) is 30.3 Å². The minimum Gasteiger partial charge on any atom is -0.461 e. The molecule has 2 aromatic heterocycles. The zero-order valence-corrected chi connectivity index (χ0v) is 13.8. The number of anilines is 2. The monoisotopic (exact) mass is 375 g/mol. The van der Waals surface area contributed by atoms with E-state index in [1.165, 1.54) is 23.0 Å². The molecule has 0 radical (unpaired) electrons. The van der Waals surface area contributed by atoms with Gasteiger partial charge in [-0.1, -0.05) is 11.6 Å². The van der Waals surface area contributed by atoms with Crippen LogP contribution in [0.15, 0.2) is 41.0 Å². The lowest BCUT2D eigenvalue weighted by atomic mass is 10.1. The smallest absolute Gasteiger partial charge is 0.248 e. The van der Waals surface area contributed by atoms with E-state index in [0.717, 1.165) is 6.07 Å². The maximum atomic E-state index is 13.3. The van der Waals surface area contributed by atoms with Crippen molar-refractivity contribution < 1.29 is 18.4 Å². The molecule has 0 aliphatic carbocycles. The summed E-state index contributed by atoms with van der Waals surface area (Å²) in [6.07, 6.45) is 1.35. The van der Waals surface area contributed by atoms with Gasteiger partial charge in [-0.15, -0.1) is 10.2 Å². The molecule has 1 unspecified atom stereocenters. The van der Waals surface area contributed by atoms with Gasteiger partial charge in [0.1, 0.15) is 11.9 Å². The molecule has 1 aliphatic heterocycles. The molecule has 3 heterocycles. The Morgan fingerprint density at radius 2 is 2.23 bits per heavy atom. The Balaban J connectivity index is 1.68. The zero-order valence-electron chi connectivity index (χ0n) is 13.1. The summed E-state index contributed by atoms with van der Waals surface area (Å²) in [7, 11) is 0. The lowest BCUT2D eigenvalue weighted by Crippen LogP contribution is -2.35. The maximum Gasteiger partial charge on any atom is 0.248 e. The van der Waals surface area contributed by atoms with Crippen LogP contribution in [0, 0.1) is 5.82 Å². The van der Waals surface area contributed by atoms with Crippen molar-refractivity contribution in [2.24, 2.45) is 0 Å². The van der Waals surface area contributed by atoms with Crippen LogP contribution >= 0.6 is 11.6 Å². The SMILES string of the molecule is O=C1CC(C(=O)Nc2ccc(F)c(Cl)c2)n2c(nnc2-c2ccco2)N1. The summed E-state index contributed by atoms with van der Waals surface area (Å²) in [5, 5.41) is 13.0. The second-order valence-corrected chi connectivity index (χ2v) is 5.99. The summed E-state index contributed by atoms with van der Waals surface area (Å²) in [5.74, 6) is -0.595. The number of nitrogens with one attached hydrogen (secondary N) is 2. The molecule has 1 atom stereocenters. The minimum atomic E-state index is -0.905. The highest BCUT2D eigenvalue weighted by atomic mass is 35.5. The molecule has 0 saturated carbocycles. The highest BCUT2D eigenvalue weighted by Gasteiger charge is 2.35. The Morgan fingerprint density at radius 1 is 1.38 bits per heavy atom. The van der Waals surface area contributed by atoms with Gasteiger partial charge in [0.25, 0.3) is 0 Å². The van der Waals surface area contributed by atoms with E-state index in [9.17, 15) is 14.0 Å². The van der Waals surface area contributed by atoms with Gasteiger partial charge in [-0.25, -0.2) is 4.39 Å². The van der Waals surface area contributed by atoms with E-state index in [-0.39, 0.29) is 23.3 Å². The van der Waals surface area contributed by atoms with Crippen LogP contribution in [0.2, 0.25) is 5.02 Å². The summed E-state index contributed by atoms with van der Waals surface area (Å²) in [5.41, 5.74) is 0.307. The Bertz CT molecular complexity index is 1000. The number of benzene rings is 1. The van der Waals surface area contributed by atoms with Crippen molar-refractivity contribution in [3.8, 4) is 11.6 Å². The second-order valence-electron chi connectivity index (χ2n) is 5.58. The van der Waals surface area contributed by atoms with E-state index >= 15 is 0 Å². The van der Waals surface area contributed by atoms with Crippen molar-refractivity contribution in [3.05, 3.63) is 47.4 Å². The number of nitrogens with zero attached hydrogens (tertiary/aromatic N) is 3. The largest absolute Gasteiger partial charge is 0.461 e. The number of hydrogen-bond acceptors (Lipinski definition) is 5. The third kappa shape index (κ3) is 2.82. The molecular formula is C16H11ClFN5O3. The van der Waals surface area contributed by atoms with E-state index in [4.69, 9.17) is 16.0 Å². The summed E-state index contributed by atoms with van der Waals surface area (Å²) >= 11 is 5.73. The van der Waals surface area contributed by atoms with Crippen molar-refractivity contribution in [2.75, 3.05) is 10.6 Å². The van der Waals surface area contributed by atoms with E-state index in [1.54, 1.807) is 12.1 Å². The topological polar surface area (TPSA) is 102 Å². The van der Waals surface area contributed by atoms with Gasteiger partial charge < -0.3 is 9.73 Å². The molecule has 2 amide bonds. The normalized spacial score (nSPS) is 16.1. The molecule has 8 nitrogen and oxygen atoms in total. The molecule has 3 aromatic rings. The first kappa shape index (κ1) is 16.3. The van der Waals surface area contributed by atoms with Crippen LogP contribution < -0.4 is 10.6 Å². The summed E-state index contributed by atoms with van der Waals surface area (Å²) in [6, 6.07) is 6.25. The van der Waals surface area contributed by atoms with Gasteiger partial charge in [-0.3, -0.25) is 19.5 Å². The van der Waals surface area contributed by atoms with Crippen molar-refractivity contribution in [2.45, 2.75) is 12.5 Å². The lowest BCUT2D eigenvalue weighted by molar-refractivity contribution is -0.125. The first-order valence-corrected chi connectivity index (χ1v) is 7.95. The number of carbonyl (C=O) groups excluding carboxylic acids is 2. The fourth-order valence-electron chi connectivity index (χ4n) is 2.70.